The SMILES string of the molecule is CCn1cc(I)c2cc(C)ccc21. The van der Waals surface area contributed by atoms with E-state index in [1.807, 2.05) is 0 Å². The summed E-state index contributed by atoms with van der Waals surface area (Å²) >= 11 is 2.40. The first kappa shape index (κ1) is 9.06. The number of rotatable bonds is 1. The maximum absolute atomic E-state index is 2.40. The van der Waals surface area contributed by atoms with Crippen LogP contribution in [0.15, 0.2) is 24.4 Å². The fraction of sp³-hybridized carbons (Fsp3) is 0.273. The van der Waals surface area contributed by atoms with Gasteiger partial charge >= 0.3 is 0 Å². The number of fused-ring (bicyclic) bond motifs is 1. The van der Waals surface area contributed by atoms with E-state index in [2.05, 4.69) is 65.4 Å². The van der Waals surface area contributed by atoms with Crippen LogP contribution in [0.3, 0.4) is 0 Å². The molecule has 1 aromatic carbocycles. The Morgan fingerprint density at radius 3 is 2.85 bits per heavy atom. The van der Waals surface area contributed by atoms with E-state index in [-0.39, 0.29) is 0 Å². The Morgan fingerprint density at radius 1 is 1.38 bits per heavy atom. The minimum Gasteiger partial charge on any atom is -0.347 e. The lowest BCUT2D eigenvalue weighted by atomic mass is 10.2. The Balaban J connectivity index is 2.80. The van der Waals surface area contributed by atoms with Crippen molar-refractivity contribution < 1.29 is 0 Å². The van der Waals surface area contributed by atoms with Gasteiger partial charge in [0.25, 0.3) is 0 Å². The highest BCUT2D eigenvalue weighted by Crippen LogP contribution is 2.23. The summed E-state index contributed by atoms with van der Waals surface area (Å²) in [7, 11) is 0. The molecule has 0 aliphatic rings. The van der Waals surface area contributed by atoms with E-state index in [1.165, 1.54) is 20.0 Å². The Hall–Kier alpha value is -0.510. The minimum absolute atomic E-state index is 1.04. The standard InChI is InChI=1S/C11H12IN/c1-3-13-7-10(12)9-6-8(2)4-5-11(9)13/h4-7H,3H2,1-2H3. The Morgan fingerprint density at radius 2 is 2.15 bits per heavy atom. The molecule has 0 aliphatic heterocycles. The fourth-order valence-electron chi connectivity index (χ4n) is 1.63. The largest absolute Gasteiger partial charge is 0.347 e. The quantitative estimate of drug-likeness (QED) is 0.706. The van der Waals surface area contributed by atoms with Gasteiger partial charge in [0.15, 0.2) is 0 Å². The van der Waals surface area contributed by atoms with Crippen molar-refractivity contribution in [3.8, 4) is 0 Å². The van der Waals surface area contributed by atoms with Gasteiger partial charge in [0.1, 0.15) is 0 Å². The first-order valence-corrected chi connectivity index (χ1v) is 5.55. The second-order valence-corrected chi connectivity index (χ2v) is 4.45. The molecule has 0 bridgehead atoms. The molecule has 0 atom stereocenters. The highest BCUT2D eigenvalue weighted by Gasteiger charge is 2.04. The molecule has 68 valence electrons. The second-order valence-electron chi connectivity index (χ2n) is 3.28. The monoisotopic (exact) mass is 285 g/mol. The molecule has 0 aliphatic carbocycles. The van der Waals surface area contributed by atoms with Crippen molar-refractivity contribution in [2.24, 2.45) is 0 Å². The molecule has 2 rings (SSSR count). The first-order chi connectivity index (χ1) is 6.22. The summed E-state index contributed by atoms with van der Waals surface area (Å²) in [5.74, 6) is 0. The van der Waals surface area contributed by atoms with Crippen LogP contribution in [-0.2, 0) is 6.54 Å². The zero-order valence-electron chi connectivity index (χ0n) is 7.84. The van der Waals surface area contributed by atoms with Crippen LogP contribution >= 0.6 is 22.6 Å². The number of halogens is 1. The molecule has 1 aromatic heterocycles. The van der Waals surface area contributed by atoms with Gasteiger partial charge < -0.3 is 4.57 Å². The molecule has 0 saturated heterocycles. The van der Waals surface area contributed by atoms with Gasteiger partial charge in [0, 0.05) is 27.2 Å². The predicted octanol–water partition coefficient (Wildman–Crippen LogP) is 3.57. The van der Waals surface area contributed by atoms with Crippen molar-refractivity contribution in [3.63, 3.8) is 0 Å². The van der Waals surface area contributed by atoms with Crippen LogP contribution in [0.5, 0.6) is 0 Å². The van der Waals surface area contributed by atoms with Crippen LogP contribution in [0.2, 0.25) is 0 Å². The van der Waals surface area contributed by atoms with Gasteiger partial charge in [-0.1, -0.05) is 11.6 Å². The summed E-state index contributed by atoms with van der Waals surface area (Å²) in [5.41, 5.74) is 2.68. The van der Waals surface area contributed by atoms with Gasteiger partial charge in [-0.2, -0.15) is 0 Å². The maximum atomic E-state index is 2.40. The number of nitrogens with zero attached hydrogens (tertiary/aromatic N) is 1. The molecule has 2 heteroatoms. The molecule has 13 heavy (non-hydrogen) atoms. The summed E-state index contributed by atoms with van der Waals surface area (Å²) in [4.78, 5) is 0. The molecule has 0 unspecified atom stereocenters. The lowest BCUT2D eigenvalue weighted by Crippen LogP contribution is -1.89. The average Bonchev–Trinajstić information content (AvgIpc) is 2.43. The minimum atomic E-state index is 1.04. The van der Waals surface area contributed by atoms with E-state index in [4.69, 9.17) is 0 Å². The lowest BCUT2D eigenvalue weighted by Gasteiger charge is -1.99. The summed E-state index contributed by atoms with van der Waals surface area (Å²) in [5, 5.41) is 1.38. The van der Waals surface area contributed by atoms with E-state index >= 15 is 0 Å². The third-order valence-electron chi connectivity index (χ3n) is 2.33. The van der Waals surface area contributed by atoms with Crippen molar-refractivity contribution in [1.82, 2.24) is 4.57 Å². The van der Waals surface area contributed by atoms with Crippen LogP contribution in [0, 0.1) is 10.5 Å². The van der Waals surface area contributed by atoms with Crippen LogP contribution in [0.25, 0.3) is 10.9 Å². The Labute approximate surface area is 91.9 Å². The molecule has 0 fully saturated rings. The van der Waals surface area contributed by atoms with Crippen molar-refractivity contribution in [1.29, 1.82) is 0 Å². The van der Waals surface area contributed by atoms with E-state index in [9.17, 15) is 0 Å². The average molecular weight is 285 g/mol. The smallest absolute Gasteiger partial charge is 0.0491 e. The van der Waals surface area contributed by atoms with Gasteiger partial charge in [-0.05, 0) is 48.6 Å². The first-order valence-electron chi connectivity index (χ1n) is 4.47. The molecule has 0 radical (unpaired) electrons. The van der Waals surface area contributed by atoms with Crippen molar-refractivity contribution in [2.45, 2.75) is 20.4 Å². The van der Waals surface area contributed by atoms with Gasteiger partial charge in [-0.25, -0.2) is 0 Å². The van der Waals surface area contributed by atoms with Gasteiger partial charge in [0.05, 0.1) is 0 Å². The number of hydrogen-bond acceptors (Lipinski definition) is 0. The number of hydrogen-bond donors (Lipinski definition) is 0. The second kappa shape index (κ2) is 3.33. The third-order valence-corrected chi connectivity index (χ3v) is 3.19. The summed E-state index contributed by atoms with van der Waals surface area (Å²) < 4.78 is 3.63. The van der Waals surface area contributed by atoms with Crippen LogP contribution in [0.4, 0.5) is 0 Å². The molecule has 2 aromatic rings. The van der Waals surface area contributed by atoms with E-state index in [0.29, 0.717) is 0 Å². The fourth-order valence-corrected chi connectivity index (χ4v) is 2.40. The molecule has 0 N–H and O–H groups in total. The highest BCUT2D eigenvalue weighted by atomic mass is 127. The number of aromatic nitrogens is 1. The topological polar surface area (TPSA) is 4.93 Å². The Kier molecular flexibility index (Phi) is 2.32. The Bertz CT molecular complexity index is 443. The summed E-state index contributed by atoms with van der Waals surface area (Å²) in [6.45, 7) is 5.36. The van der Waals surface area contributed by atoms with E-state index < -0.39 is 0 Å². The zero-order valence-corrected chi connectivity index (χ0v) is 10.00. The molecule has 1 nitrogen and oxygen atoms in total. The van der Waals surface area contributed by atoms with Crippen molar-refractivity contribution in [2.75, 3.05) is 0 Å². The maximum Gasteiger partial charge on any atom is 0.0491 e. The number of aryl methyl sites for hydroxylation is 2. The molecular formula is C11H12IN. The third kappa shape index (κ3) is 1.47. The van der Waals surface area contributed by atoms with Crippen LogP contribution in [0.1, 0.15) is 12.5 Å². The number of benzene rings is 1. The lowest BCUT2D eigenvalue weighted by molar-refractivity contribution is 0.796. The van der Waals surface area contributed by atoms with Crippen molar-refractivity contribution >= 4 is 33.5 Å². The van der Waals surface area contributed by atoms with Gasteiger partial charge in [-0.15, -0.1) is 0 Å². The summed E-state index contributed by atoms with van der Waals surface area (Å²) in [6, 6.07) is 6.63. The zero-order chi connectivity index (χ0) is 9.42. The van der Waals surface area contributed by atoms with Crippen molar-refractivity contribution in [3.05, 3.63) is 33.5 Å². The van der Waals surface area contributed by atoms with Crippen LogP contribution < -0.4 is 0 Å². The molecule has 0 saturated carbocycles. The predicted molar refractivity (Wildman–Crippen MR) is 65.1 cm³/mol. The summed E-state index contributed by atoms with van der Waals surface area (Å²) in [6.07, 6.45) is 2.21. The normalized spacial score (nSPS) is 11.0. The molecule has 0 spiro atoms. The molecule has 0 amide bonds. The highest BCUT2D eigenvalue weighted by molar-refractivity contribution is 14.1. The van der Waals surface area contributed by atoms with E-state index in [1.54, 1.807) is 0 Å². The van der Waals surface area contributed by atoms with Gasteiger partial charge in [-0.3, -0.25) is 0 Å². The van der Waals surface area contributed by atoms with Gasteiger partial charge in [0.2, 0.25) is 0 Å². The van der Waals surface area contributed by atoms with Crippen LogP contribution in [-0.4, -0.2) is 4.57 Å². The van der Waals surface area contributed by atoms with E-state index in [0.717, 1.165) is 6.54 Å². The molecular weight excluding hydrogens is 273 g/mol. The molecule has 1 heterocycles.